The van der Waals surface area contributed by atoms with Gasteiger partial charge in [-0.25, -0.2) is 0 Å². The molecule has 40 heavy (non-hydrogen) atoms. The minimum Gasteiger partial charge on any atom is -0.465 e. The molecule has 3 aliphatic heterocycles. The molecule has 6 atom stereocenters. The third-order valence-corrected chi connectivity index (χ3v) is 9.10. The summed E-state index contributed by atoms with van der Waals surface area (Å²) in [4.78, 5) is 45.9. The van der Waals surface area contributed by atoms with Gasteiger partial charge in [0.2, 0.25) is 5.91 Å². The first kappa shape index (κ1) is 30.0. The first-order chi connectivity index (χ1) is 19.0. The van der Waals surface area contributed by atoms with Crippen LogP contribution >= 0.6 is 0 Å². The SMILES string of the molecule is C=CCCCOC(=O)[C@H]1[C@H]2C(=O)N([C@@H](CO)C(C)C)C(C(=O)N(CC=C)c3c(C)cccc3C)C23CC[C@]1(C)O3. The summed E-state index contributed by atoms with van der Waals surface area (Å²) in [6, 6.07) is 4.21. The topological polar surface area (TPSA) is 96.4 Å². The largest absolute Gasteiger partial charge is 0.465 e. The second-order valence-corrected chi connectivity index (χ2v) is 12.0. The molecule has 3 saturated heterocycles. The molecule has 0 saturated carbocycles. The molecule has 218 valence electrons. The van der Waals surface area contributed by atoms with E-state index in [1.807, 2.05) is 52.8 Å². The Morgan fingerprint density at radius 2 is 1.90 bits per heavy atom. The third kappa shape index (κ3) is 4.69. The number of allylic oxidation sites excluding steroid dienone is 1. The van der Waals surface area contributed by atoms with Gasteiger partial charge in [0.05, 0.1) is 30.8 Å². The number of amides is 2. The Balaban J connectivity index is 1.83. The maximum absolute atomic E-state index is 14.8. The molecule has 1 N–H and O–H groups in total. The number of aryl methyl sites for hydroxylation is 2. The van der Waals surface area contributed by atoms with Crippen LogP contribution in [0.15, 0.2) is 43.5 Å². The maximum atomic E-state index is 14.8. The first-order valence-corrected chi connectivity index (χ1v) is 14.4. The van der Waals surface area contributed by atoms with Gasteiger partial charge in [-0.1, -0.05) is 44.2 Å². The molecule has 4 rings (SSSR count). The number of para-hydroxylation sites is 1. The molecule has 8 heteroatoms. The molecule has 0 aliphatic carbocycles. The smallest absolute Gasteiger partial charge is 0.312 e. The number of hydrogen-bond donors (Lipinski definition) is 1. The van der Waals surface area contributed by atoms with Crippen LogP contribution in [0.1, 0.15) is 57.6 Å². The third-order valence-electron chi connectivity index (χ3n) is 9.10. The highest BCUT2D eigenvalue weighted by atomic mass is 16.6. The van der Waals surface area contributed by atoms with Crippen LogP contribution in [0.25, 0.3) is 0 Å². The number of hydrogen-bond acceptors (Lipinski definition) is 6. The molecule has 2 unspecified atom stereocenters. The standard InChI is InChI=1S/C32H44N2O6/c1-8-10-11-18-39-30(38)25-24-28(36)34(23(19-35)20(3)4)27(32(24)16-15-31(25,7)40-32)29(37)33(17-9-2)26-21(5)13-12-14-22(26)6/h8-9,12-14,20,23-25,27,35H,1-2,10-11,15-19H2,3-7H3/t23-,24-,25+,27?,31-,32?/m0/s1. The minimum absolute atomic E-state index is 0.135. The number of ether oxygens (including phenoxy) is 2. The number of carbonyl (C=O) groups excluding carboxylic acids is 3. The number of fused-ring (bicyclic) bond motifs is 1. The van der Waals surface area contributed by atoms with E-state index in [0.717, 1.165) is 16.8 Å². The van der Waals surface area contributed by atoms with Gasteiger partial charge in [-0.15, -0.1) is 13.2 Å². The number of esters is 1. The Labute approximate surface area is 238 Å². The van der Waals surface area contributed by atoms with Crippen LogP contribution in [0.5, 0.6) is 0 Å². The van der Waals surface area contributed by atoms with Crippen molar-refractivity contribution in [2.24, 2.45) is 17.8 Å². The molecular formula is C32H44N2O6. The molecule has 1 aromatic rings. The van der Waals surface area contributed by atoms with Gasteiger partial charge in [-0.2, -0.15) is 0 Å². The molecule has 8 nitrogen and oxygen atoms in total. The van der Waals surface area contributed by atoms with Crippen LogP contribution in [0.2, 0.25) is 0 Å². The number of aliphatic hydroxyl groups excluding tert-OH is 1. The quantitative estimate of drug-likeness (QED) is 0.238. The number of unbranched alkanes of at least 4 members (excludes halogenated alkanes) is 1. The van der Waals surface area contributed by atoms with Crippen LogP contribution in [-0.4, -0.2) is 70.8 Å². The van der Waals surface area contributed by atoms with E-state index >= 15 is 0 Å². The zero-order valence-electron chi connectivity index (χ0n) is 24.5. The number of benzene rings is 1. The van der Waals surface area contributed by atoms with Gasteiger partial charge in [-0.05, 0) is 63.5 Å². The molecule has 2 bridgehead atoms. The zero-order chi connectivity index (χ0) is 29.4. The van der Waals surface area contributed by atoms with E-state index in [1.54, 1.807) is 17.1 Å². The van der Waals surface area contributed by atoms with Gasteiger partial charge in [0.15, 0.2) is 0 Å². The Morgan fingerprint density at radius 3 is 2.48 bits per heavy atom. The second-order valence-electron chi connectivity index (χ2n) is 12.0. The molecular weight excluding hydrogens is 508 g/mol. The summed E-state index contributed by atoms with van der Waals surface area (Å²) in [5.74, 6) is -2.94. The lowest BCUT2D eigenvalue weighted by Gasteiger charge is -2.41. The highest BCUT2D eigenvalue weighted by molar-refractivity contribution is 6.05. The predicted molar refractivity (Wildman–Crippen MR) is 154 cm³/mol. The zero-order valence-corrected chi connectivity index (χ0v) is 24.5. The average Bonchev–Trinajstić information content (AvgIpc) is 3.47. The molecule has 0 radical (unpaired) electrons. The molecule has 0 aromatic heterocycles. The van der Waals surface area contributed by atoms with Crippen molar-refractivity contribution in [1.82, 2.24) is 4.90 Å². The van der Waals surface area contributed by atoms with Crippen LogP contribution in [0.4, 0.5) is 5.69 Å². The summed E-state index contributed by atoms with van der Waals surface area (Å²) in [5, 5.41) is 10.5. The van der Waals surface area contributed by atoms with Crippen molar-refractivity contribution in [3.63, 3.8) is 0 Å². The predicted octanol–water partition coefficient (Wildman–Crippen LogP) is 4.11. The van der Waals surface area contributed by atoms with Crippen LogP contribution in [-0.2, 0) is 23.9 Å². The number of anilines is 1. The second kappa shape index (κ2) is 11.5. The fraction of sp³-hybridized carbons (Fsp3) is 0.594. The Hall–Kier alpha value is -2.97. The number of rotatable bonds is 12. The Morgan fingerprint density at radius 1 is 1.23 bits per heavy atom. The fourth-order valence-corrected chi connectivity index (χ4v) is 7.27. The lowest BCUT2D eigenvalue weighted by atomic mass is 9.66. The number of aliphatic hydroxyl groups is 1. The number of likely N-dealkylation sites (tertiary alicyclic amines) is 1. The summed E-state index contributed by atoms with van der Waals surface area (Å²) in [7, 11) is 0. The van der Waals surface area contributed by atoms with Gasteiger partial charge < -0.3 is 24.4 Å². The van der Waals surface area contributed by atoms with E-state index < -0.39 is 41.1 Å². The molecule has 2 amide bonds. The summed E-state index contributed by atoms with van der Waals surface area (Å²) in [5.41, 5.74) is 0.488. The van der Waals surface area contributed by atoms with Crippen molar-refractivity contribution in [2.45, 2.75) is 83.6 Å². The van der Waals surface area contributed by atoms with Crippen LogP contribution in [0.3, 0.4) is 0 Å². The van der Waals surface area contributed by atoms with Crippen molar-refractivity contribution in [3.05, 3.63) is 54.6 Å². The molecule has 3 heterocycles. The van der Waals surface area contributed by atoms with E-state index in [2.05, 4.69) is 13.2 Å². The fourth-order valence-electron chi connectivity index (χ4n) is 7.27. The van der Waals surface area contributed by atoms with Crippen molar-refractivity contribution in [3.8, 4) is 0 Å². The number of nitrogens with zero attached hydrogens (tertiary/aromatic N) is 2. The Bertz CT molecular complexity index is 1160. The first-order valence-electron chi connectivity index (χ1n) is 14.4. The van der Waals surface area contributed by atoms with Gasteiger partial charge in [0.25, 0.3) is 5.91 Å². The minimum atomic E-state index is -1.20. The highest BCUT2D eigenvalue weighted by Gasteiger charge is 2.79. The van der Waals surface area contributed by atoms with E-state index in [9.17, 15) is 19.5 Å². The van der Waals surface area contributed by atoms with Gasteiger partial charge in [0, 0.05) is 12.2 Å². The van der Waals surface area contributed by atoms with E-state index in [0.29, 0.717) is 25.7 Å². The summed E-state index contributed by atoms with van der Waals surface area (Å²) in [6.07, 6.45) is 5.78. The number of carbonyl (C=O) groups is 3. The van der Waals surface area contributed by atoms with Gasteiger partial charge in [-0.3, -0.25) is 14.4 Å². The summed E-state index contributed by atoms with van der Waals surface area (Å²) in [6.45, 7) is 17.3. The van der Waals surface area contributed by atoms with Crippen LogP contribution in [0, 0.1) is 31.6 Å². The Kier molecular flexibility index (Phi) is 8.62. The average molecular weight is 553 g/mol. The van der Waals surface area contributed by atoms with E-state index in [1.165, 1.54) is 4.90 Å². The summed E-state index contributed by atoms with van der Waals surface area (Å²) >= 11 is 0. The monoisotopic (exact) mass is 552 g/mol. The van der Waals surface area contributed by atoms with Crippen molar-refractivity contribution >= 4 is 23.5 Å². The van der Waals surface area contributed by atoms with Gasteiger partial charge >= 0.3 is 5.97 Å². The molecule has 1 spiro atoms. The normalized spacial score (nSPS) is 29.4. The lowest BCUT2D eigenvalue weighted by molar-refractivity contribution is -0.161. The lowest BCUT2D eigenvalue weighted by Crippen LogP contribution is -2.60. The van der Waals surface area contributed by atoms with Gasteiger partial charge in [0.1, 0.15) is 17.6 Å². The highest BCUT2D eigenvalue weighted by Crippen LogP contribution is 2.64. The molecule has 3 aliphatic rings. The van der Waals surface area contributed by atoms with Crippen LogP contribution < -0.4 is 4.90 Å². The van der Waals surface area contributed by atoms with Crippen molar-refractivity contribution in [2.75, 3.05) is 24.7 Å². The summed E-state index contributed by atoms with van der Waals surface area (Å²) < 4.78 is 12.4. The molecule has 3 fully saturated rings. The molecule has 1 aromatic carbocycles. The van der Waals surface area contributed by atoms with Crippen molar-refractivity contribution < 1.29 is 29.0 Å². The maximum Gasteiger partial charge on any atom is 0.312 e. The van der Waals surface area contributed by atoms with E-state index in [4.69, 9.17) is 9.47 Å². The van der Waals surface area contributed by atoms with Crippen molar-refractivity contribution in [1.29, 1.82) is 0 Å². The van der Waals surface area contributed by atoms with E-state index in [-0.39, 0.29) is 37.5 Å².